The van der Waals surface area contributed by atoms with Crippen LogP contribution in [0.4, 0.5) is 0 Å². The zero-order valence-electron chi connectivity index (χ0n) is 12.0. The number of carbonyl (C=O) groups excluding carboxylic acids is 1. The summed E-state index contributed by atoms with van der Waals surface area (Å²) < 4.78 is 2.03. The second-order valence-electron chi connectivity index (χ2n) is 4.56. The van der Waals surface area contributed by atoms with Crippen LogP contribution >= 0.6 is 11.8 Å². The van der Waals surface area contributed by atoms with E-state index in [0.717, 1.165) is 29.5 Å². The fraction of sp³-hybridized carbons (Fsp3) is 0.357. The van der Waals surface area contributed by atoms with Crippen molar-refractivity contribution >= 4 is 17.7 Å². The number of aromatic nitrogens is 3. The van der Waals surface area contributed by atoms with E-state index in [2.05, 4.69) is 17.1 Å². The van der Waals surface area contributed by atoms with Gasteiger partial charge >= 0.3 is 0 Å². The first kappa shape index (κ1) is 15.5. The Bertz CT molecular complexity index is 626. The van der Waals surface area contributed by atoms with Gasteiger partial charge in [-0.15, -0.1) is 10.2 Å². The Kier molecular flexibility index (Phi) is 5.35. The van der Waals surface area contributed by atoms with Crippen LogP contribution in [0, 0.1) is 0 Å². The molecule has 4 N–H and O–H groups in total. The van der Waals surface area contributed by atoms with Crippen molar-refractivity contribution in [2.24, 2.45) is 11.5 Å². The van der Waals surface area contributed by atoms with Crippen molar-refractivity contribution in [2.45, 2.75) is 37.3 Å². The van der Waals surface area contributed by atoms with Crippen molar-refractivity contribution < 1.29 is 4.79 Å². The summed E-state index contributed by atoms with van der Waals surface area (Å²) in [7, 11) is 0. The smallest absolute Gasteiger partial charge is 0.249 e. The minimum Gasteiger partial charge on any atom is -0.366 e. The summed E-state index contributed by atoms with van der Waals surface area (Å²) in [4.78, 5) is 11.4. The molecule has 6 nitrogen and oxygen atoms in total. The topological polar surface area (TPSA) is 99.8 Å². The summed E-state index contributed by atoms with van der Waals surface area (Å²) in [5, 5.41) is 9.09. The molecule has 7 heteroatoms. The molecule has 0 saturated carbocycles. The lowest BCUT2D eigenvalue weighted by Gasteiger charge is -2.09. The van der Waals surface area contributed by atoms with Crippen LogP contribution in [-0.2, 0) is 18.8 Å². The van der Waals surface area contributed by atoms with E-state index in [1.165, 1.54) is 11.8 Å². The van der Waals surface area contributed by atoms with Crippen LogP contribution in [0.2, 0.25) is 0 Å². The summed E-state index contributed by atoms with van der Waals surface area (Å²) in [5.74, 6) is 0.984. The zero-order chi connectivity index (χ0) is 15.2. The Labute approximate surface area is 127 Å². The highest BCUT2D eigenvalue weighted by molar-refractivity contribution is 7.98. The summed E-state index contributed by atoms with van der Waals surface area (Å²) in [6, 6.07) is 7.34. The maximum absolute atomic E-state index is 11.4. The van der Waals surface area contributed by atoms with E-state index in [4.69, 9.17) is 11.5 Å². The van der Waals surface area contributed by atoms with Crippen molar-refractivity contribution in [1.82, 2.24) is 14.8 Å². The molecule has 0 atom stereocenters. The van der Waals surface area contributed by atoms with Crippen LogP contribution in [0.1, 0.15) is 35.1 Å². The van der Waals surface area contributed by atoms with Gasteiger partial charge in [0.25, 0.3) is 0 Å². The predicted octanol–water partition coefficient (Wildman–Crippen LogP) is 1.54. The lowest BCUT2D eigenvalue weighted by atomic mass is 10.1. The lowest BCUT2D eigenvalue weighted by molar-refractivity contribution is 0.0999. The monoisotopic (exact) mass is 305 g/mol. The van der Waals surface area contributed by atoms with Crippen LogP contribution in [0.25, 0.3) is 0 Å². The van der Waals surface area contributed by atoms with E-state index in [1.807, 2.05) is 16.7 Å². The molecular weight excluding hydrogens is 286 g/mol. The molecular formula is C14H19N5OS. The van der Waals surface area contributed by atoms with E-state index in [9.17, 15) is 4.79 Å². The average molecular weight is 305 g/mol. The van der Waals surface area contributed by atoms with Gasteiger partial charge in [0, 0.05) is 17.9 Å². The SMILES string of the molecule is CCCn1c(CN)nnc1SCc1ccccc1C(N)=O. The van der Waals surface area contributed by atoms with Gasteiger partial charge in [0.2, 0.25) is 5.91 Å². The Balaban J connectivity index is 2.17. The molecule has 0 fully saturated rings. The molecule has 21 heavy (non-hydrogen) atoms. The maximum Gasteiger partial charge on any atom is 0.249 e. The largest absolute Gasteiger partial charge is 0.366 e. The number of amides is 1. The lowest BCUT2D eigenvalue weighted by Crippen LogP contribution is -2.13. The summed E-state index contributed by atoms with van der Waals surface area (Å²) in [6.07, 6.45) is 0.983. The van der Waals surface area contributed by atoms with E-state index >= 15 is 0 Å². The number of nitrogens with zero attached hydrogens (tertiary/aromatic N) is 3. The third kappa shape index (κ3) is 3.62. The van der Waals surface area contributed by atoms with Crippen molar-refractivity contribution in [3.05, 3.63) is 41.2 Å². The normalized spacial score (nSPS) is 10.8. The number of nitrogens with two attached hydrogens (primary N) is 2. The van der Waals surface area contributed by atoms with Crippen LogP contribution < -0.4 is 11.5 Å². The van der Waals surface area contributed by atoms with Gasteiger partial charge in [0.15, 0.2) is 5.16 Å². The van der Waals surface area contributed by atoms with E-state index in [1.54, 1.807) is 12.1 Å². The summed E-state index contributed by atoms with van der Waals surface area (Å²) >= 11 is 1.53. The molecule has 2 aromatic rings. The highest BCUT2D eigenvalue weighted by atomic mass is 32.2. The molecule has 0 aliphatic heterocycles. The second kappa shape index (κ2) is 7.24. The van der Waals surface area contributed by atoms with Crippen LogP contribution in [0.5, 0.6) is 0 Å². The molecule has 1 aromatic carbocycles. The molecule has 2 rings (SSSR count). The number of benzene rings is 1. The molecule has 0 aliphatic carbocycles. The van der Waals surface area contributed by atoms with Gasteiger partial charge in [0.05, 0.1) is 6.54 Å². The Morgan fingerprint density at radius 2 is 2.10 bits per heavy atom. The zero-order valence-corrected chi connectivity index (χ0v) is 12.8. The van der Waals surface area contributed by atoms with E-state index in [-0.39, 0.29) is 0 Å². The number of thioether (sulfide) groups is 1. The van der Waals surface area contributed by atoms with Crippen molar-refractivity contribution in [3.63, 3.8) is 0 Å². The molecule has 0 aliphatic rings. The predicted molar refractivity (Wildman–Crippen MR) is 82.7 cm³/mol. The molecule has 0 radical (unpaired) electrons. The summed E-state index contributed by atoms with van der Waals surface area (Å²) in [5.41, 5.74) is 12.5. The van der Waals surface area contributed by atoms with Gasteiger partial charge in [0.1, 0.15) is 5.82 Å². The van der Waals surface area contributed by atoms with Crippen molar-refractivity contribution in [3.8, 4) is 0 Å². The maximum atomic E-state index is 11.4. The van der Waals surface area contributed by atoms with Gasteiger partial charge < -0.3 is 16.0 Å². The molecule has 1 amide bonds. The summed E-state index contributed by atoms with van der Waals surface area (Å²) in [6.45, 7) is 3.29. The van der Waals surface area contributed by atoms with Crippen LogP contribution in [-0.4, -0.2) is 20.7 Å². The number of carbonyl (C=O) groups is 1. The second-order valence-corrected chi connectivity index (χ2v) is 5.51. The first-order valence-electron chi connectivity index (χ1n) is 6.80. The van der Waals surface area contributed by atoms with Crippen LogP contribution in [0.3, 0.4) is 0 Å². The number of rotatable bonds is 7. The fourth-order valence-electron chi connectivity index (χ4n) is 2.05. The fourth-order valence-corrected chi connectivity index (χ4v) is 3.04. The highest BCUT2D eigenvalue weighted by Crippen LogP contribution is 2.24. The highest BCUT2D eigenvalue weighted by Gasteiger charge is 2.13. The van der Waals surface area contributed by atoms with Gasteiger partial charge in [-0.3, -0.25) is 4.79 Å². The van der Waals surface area contributed by atoms with E-state index < -0.39 is 5.91 Å². The number of primary amides is 1. The van der Waals surface area contributed by atoms with Crippen LogP contribution in [0.15, 0.2) is 29.4 Å². The molecule has 1 aromatic heterocycles. The third-order valence-electron chi connectivity index (χ3n) is 3.06. The standard InChI is InChI=1S/C14H19N5OS/c1-2-7-19-12(8-15)17-18-14(19)21-9-10-5-3-4-6-11(10)13(16)20/h3-6H,2,7-9,15H2,1H3,(H2,16,20). The number of hydrogen-bond acceptors (Lipinski definition) is 5. The van der Waals surface area contributed by atoms with Gasteiger partial charge in [-0.1, -0.05) is 36.9 Å². The minimum atomic E-state index is -0.413. The average Bonchev–Trinajstić information content (AvgIpc) is 2.88. The van der Waals surface area contributed by atoms with Crippen molar-refractivity contribution in [2.75, 3.05) is 0 Å². The molecule has 0 bridgehead atoms. The van der Waals surface area contributed by atoms with Gasteiger partial charge in [-0.25, -0.2) is 0 Å². The third-order valence-corrected chi connectivity index (χ3v) is 4.08. The first-order valence-corrected chi connectivity index (χ1v) is 7.78. The Morgan fingerprint density at radius 3 is 2.76 bits per heavy atom. The number of hydrogen-bond donors (Lipinski definition) is 2. The van der Waals surface area contributed by atoms with Gasteiger partial charge in [-0.05, 0) is 18.1 Å². The molecule has 112 valence electrons. The molecule has 1 heterocycles. The first-order chi connectivity index (χ1) is 10.2. The molecule has 0 spiro atoms. The Morgan fingerprint density at radius 1 is 1.33 bits per heavy atom. The molecule has 0 saturated heterocycles. The van der Waals surface area contributed by atoms with Gasteiger partial charge in [-0.2, -0.15) is 0 Å². The minimum absolute atomic E-state index is 0.367. The quantitative estimate of drug-likeness (QED) is 0.756. The van der Waals surface area contributed by atoms with E-state index in [0.29, 0.717) is 17.9 Å². The Hall–Kier alpha value is -1.86. The van der Waals surface area contributed by atoms with Crippen molar-refractivity contribution in [1.29, 1.82) is 0 Å². The molecule has 0 unspecified atom stereocenters.